The number of aryl methyl sites for hydroxylation is 1. The molecule has 30 heavy (non-hydrogen) atoms. The summed E-state index contributed by atoms with van der Waals surface area (Å²) in [5, 5.41) is 0. The Balaban J connectivity index is 1.87. The molecule has 0 aliphatic heterocycles. The summed E-state index contributed by atoms with van der Waals surface area (Å²) in [7, 11) is 3.10. The Morgan fingerprint density at radius 2 is 1.77 bits per heavy atom. The van der Waals surface area contributed by atoms with E-state index in [-0.39, 0.29) is 5.56 Å². The Hall–Kier alpha value is -3.46. The fraction of sp³-hybridized carbons (Fsp3) is 0.143. The van der Waals surface area contributed by atoms with Gasteiger partial charge in [0.2, 0.25) is 5.78 Å². The lowest BCUT2D eigenvalue weighted by Gasteiger charge is -2.09. The molecule has 5 aromatic rings. The van der Waals surface area contributed by atoms with Crippen molar-refractivity contribution in [2.75, 3.05) is 0 Å². The number of halogens is 1. The molecule has 1 aromatic carbocycles. The van der Waals surface area contributed by atoms with E-state index >= 15 is 0 Å². The summed E-state index contributed by atoms with van der Waals surface area (Å²) >= 11 is 3.47. The van der Waals surface area contributed by atoms with Crippen molar-refractivity contribution in [3.05, 3.63) is 85.9 Å². The lowest BCUT2D eigenvalue weighted by atomic mass is 10.1. The van der Waals surface area contributed by atoms with E-state index in [9.17, 15) is 9.59 Å². The Kier molecular flexibility index (Phi) is 4.21. The molecule has 150 valence electrons. The maximum Gasteiger partial charge on any atom is 0.332 e. The summed E-state index contributed by atoms with van der Waals surface area (Å²) in [6, 6.07) is 13.7. The summed E-state index contributed by atoms with van der Waals surface area (Å²) in [4.78, 5) is 34.4. The minimum Gasteiger partial charge on any atom is -0.304 e. The van der Waals surface area contributed by atoms with Crippen LogP contribution in [0, 0.1) is 0 Å². The Labute approximate surface area is 178 Å². The van der Waals surface area contributed by atoms with Gasteiger partial charge in [0, 0.05) is 31.0 Å². The molecule has 0 amide bonds. The van der Waals surface area contributed by atoms with Crippen molar-refractivity contribution in [2.24, 2.45) is 14.1 Å². The maximum absolute atomic E-state index is 12.9. The third kappa shape index (κ3) is 2.73. The molecule has 0 saturated carbocycles. The monoisotopic (exact) mass is 464 g/mol. The molecule has 8 nitrogen and oxygen atoms in total. The van der Waals surface area contributed by atoms with Crippen molar-refractivity contribution in [3.8, 4) is 11.3 Å². The number of fused-ring (bicyclic) bond motifs is 3. The Morgan fingerprint density at radius 1 is 1.00 bits per heavy atom. The fourth-order valence-corrected chi connectivity index (χ4v) is 3.94. The molecule has 0 aliphatic rings. The summed E-state index contributed by atoms with van der Waals surface area (Å²) in [6.07, 6.45) is 3.64. The van der Waals surface area contributed by atoms with Gasteiger partial charge in [-0.25, -0.2) is 4.79 Å². The van der Waals surface area contributed by atoms with Crippen LogP contribution in [0.3, 0.4) is 0 Å². The van der Waals surface area contributed by atoms with Gasteiger partial charge in [0.15, 0.2) is 11.2 Å². The van der Waals surface area contributed by atoms with E-state index in [1.165, 1.54) is 11.6 Å². The zero-order valence-corrected chi connectivity index (χ0v) is 17.9. The second-order valence-electron chi connectivity index (χ2n) is 7.09. The summed E-state index contributed by atoms with van der Waals surface area (Å²) in [6.45, 7) is 0.473. The third-order valence-corrected chi connectivity index (χ3v) is 5.77. The molecule has 0 unspecified atom stereocenters. The highest BCUT2D eigenvalue weighted by Gasteiger charge is 2.21. The van der Waals surface area contributed by atoms with Crippen molar-refractivity contribution in [1.82, 2.24) is 28.1 Å². The number of nitrogens with zero attached hydrogens (tertiary/aromatic N) is 6. The lowest BCUT2D eigenvalue weighted by molar-refractivity contribution is 0.707. The van der Waals surface area contributed by atoms with Gasteiger partial charge in [-0.1, -0.05) is 34.1 Å². The normalized spacial score (nSPS) is 11.6. The number of pyridine rings is 1. The van der Waals surface area contributed by atoms with Crippen LogP contribution < -0.4 is 11.2 Å². The van der Waals surface area contributed by atoms with Crippen molar-refractivity contribution < 1.29 is 0 Å². The minimum absolute atomic E-state index is 0.357. The van der Waals surface area contributed by atoms with Crippen LogP contribution in [0.5, 0.6) is 0 Å². The molecule has 5 rings (SSSR count). The second-order valence-corrected chi connectivity index (χ2v) is 8.00. The Bertz CT molecular complexity index is 1520. The molecule has 0 atom stereocenters. The van der Waals surface area contributed by atoms with Crippen LogP contribution in [0.2, 0.25) is 0 Å². The summed E-state index contributed by atoms with van der Waals surface area (Å²) < 4.78 is 7.25. The number of hydrogen-bond acceptors (Lipinski definition) is 4. The highest BCUT2D eigenvalue weighted by Crippen LogP contribution is 2.27. The van der Waals surface area contributed by atoms with E-state index in [2.05, 4.69) is 25.9 Å². The van der Waals surface area contributed by atoms with E-state index in [1.807, 2.05) is 53.2 Å². The highest BCUT2D eigenvalue weighted by molar-refractivity contribution is 9.10. The van der Waals surface area contributed by atoms with E-state index in [4.69, 9.17) is 0 Å². The largest absolute Gasteiger partial charge is 0.332 e. The molecular formula is C21H17BrN6O2. The van der Waals surface area contributed by atoms with Gasteiger partial charge in [-0.2, -0.15) is 4.98 Å². The predicted molar refractivity (Wildman–Crippen MR) is 118 cm³/mol. The summed E-state index contributed by atoms with van der Waals surface area (Å²) in [5.41, 5.74) is 2.68. The fourth-order valence-electron chi connectivity index (χ4n) is 3.68. The van der Waals surface area contributed by atoms with Crippen LogP contribution >= 0.6 is 15.9 Å². The van der Waals surface area contributed by atoms with Crippen LogP contribution in [0.1, 0.15) is 5.69 Å². The first-order valence-electron chi connectivity index (χ1n) is 9.29. The molecule has 0 spiro atoms. The second kappa shape index (κ2) is 6.81. The van der Waals surface area contributed by atoms with Crippen molar-refractivity contribution in [1.29, 1.82) is 0 Å². The molecule has 9 heteroatoms. The van der Waals surface area contributed by atoms with Crippen molar-refractivity contribution in [2.45, 2.75) is 6.54 Å². The molecule has 0 fully saturated rings. The summed E-state index contributed by atoms with van der Waals surface area (Å²) in [5.74, 6) is 0.576. The first-order valence-corrected chi connectivity index (χ1v) is 10.1. The number of imidazole rings is 2. The van der Waals surface area contributed by atoms with E-state index in [0.29, 0.717) is 23.5 Å². The van der Waals surface area contributed by atoms with Gasteiger partial charge < -0.3 is 4.57 Å². The molecule has 0 aliphatic carbocycles. The maximum atomic E-state index is 12.9. The van der Waals surface area contributed by atoms with Crippen LogP contribution in [0.4, 0.5) is 0 Å². The number of rotatable bonds is 3. The van der Waals surface area contributed by atoms with Crippen molar-refractivity contribution in [3.63, 3.8) is 0 Å². The minimum atomic E-state index is -0.405. The molecule has 4 aromatic heterocycles. The smallest absolute Gasteiger partial charge is 0.304 e. The van der Waals surface area contributed by atoms with Crippen LogP contribution in [-0.2, 0) is 20.6 Å². The average Bonchev–Trinajstić information content (AvgIpc) is 3.29. The molecule has 0 radical (unpaired) electrons. The molecule has 0 bridgehead atoms. The topological polar surface area (TPSA) is 79.1 Å². The molecular weight excluding hydrogens is 448 g/mol. The SMILES string of the molecule is Cn1c(=O)c2c(nc3n(Cc4ccccn4)c(-c4ccc(Br)cc4)cn23)n(C)c1=O. The van der Waals surface area contributed by atoms with Gasteiger partial charge >= 0.3 is 5.69 Å². The third-order valence-electron chi connectivity index (χ3n) is 5.24. The van der Waals surface area contributed by atoms with Gasteiger partial charge in [-0.15, -0.1) is 0 Å². The standard InChI is InChI=1S/C21H17BrN6O2/c1-25-18-17(19(29)26(2)21(25)30)28-12-16(13-6-8-14(22)9-7-13)27(20(28)24-18)11-15-5-3-4-10-23-15/h3-10,12H,11H2,1-2H3. The number of hydrogen-bond donors (Lipinski definition) is 0. The van der Waals surface area contributed by atoms with Crippen LogP contribution in [0.25, 0.3) is 28.2 Å². The van der Waals surface area contributed by atoms with Gasteiger partial charge in [0.1, 0.15) is 0 Å². The van der Waals surface area contributed by atoms with Gasteiger partial charge in [0.05, 0.1) is 17.9 Å². The molecule has 0 saturated heterocycles. The highest BCUT2D eigenvalue weighted by atomic mass is 79.9. The zero-order valence-electron chi connectivity index (χ0n) is 16.3. The first-order chi connectivity index (χ1) is 14.5. The average molecular weight is 465 g/mol. The van der Waals surface area contributed by atoms with Crippen LogP contribution in [-0.4, -0.2) is 28.1 Å². The molecule has 4 heterocycles. The zero-order chi connectivity index (χ0) is 21.0. The van der Waals surface area contributed by atoms with E-state index in [0.717, 1.165) is 26.0 Å². The van der Waals surface area contributed by atoms with E-state index in [1.54, 1.807) is 17.6 Å². The number of aromatic nitrogens is 6. The lowest BCUT2D eigenvalue weighted by Crippen LogP contribution is -2.37. The Morgan fingerprint density at radius 3 is 2.47 bits per heavy atom. The number of benzene rings is 1. The van der Waals surface area contributed by atoms with E-state index < -0.39 is 5.69 Å². The van der Waals surface area contributed by atoms with Crippen LogP contribution in [0.15, 0.2) is 68.9 Å². The van der Waals surface area contributed by atoms with Crippen molar-refractivity contribution >= 4 is 32.9 Å². The van der Waals surface area contributed by atoms with Gasteiger partial charge in [0.25, 0.3) is 5.56 Å². The quantitative estimate of drug-likeness (QED) is 0.411. The van der Waals surface area contributed by atoms with Gasteiger partial charge in [-0.05, 0) is 29.8 Å². The van der Waals surface area contributed by atoms with Gasteiger partial charge in [-0.3, -0.25) is 23.3 Å². The first kappa shape index (κ1) is 18.6. The predicted octanol–water partition coefficient (Wildman–Crippen LogP) is 2.56. The molecule has 0 N–H and O–H groups in total.